The number of carbonyl (C=O) groups excluding carboxylic acids is 1. The zero-order valence-corrected chi connectivity index (χ0v) is 12.5. The molecule has 1 amide bonds. The molecule has 3 nitrogen and oxygen atoms in total. The Morgan fingerprint density at radius 3 is 2.59 bits per heavy atom. The first-order valence-corrected chi connectivity index (χ1v) is 4.63. The first-order valence-electron chi connectivity index (χ1n) is 4.63. The first-order chi connectivity index (χ1) is 7.41. The number of anilines is 1. The van der Waals surface area contributed by atoms with Gasteiger partial charge in [0.2, 0.25) is 0 Å². The summed E-state index contributed by atoms with van der Waals surface area (Å²) in [7, 11) is 1.43. The number of nitrogens with zero attached hydrogens (tertiary/aromatic N) is 1. The van der Waals surface area contributed by atoms with Crippen molar-refractivity contribution in [2.45, 2.75) is 0 Å². The number of likely N-dealkylation sites (N-methyl/N-ethyl adjacent to an activating group) is 1. The average Bonchev–Trinajstić information content (AvgIpc) is 2.21. The fourth-order valence-electron chi connectivity index (χ4n) is 1.59. The van der Waals surface area contributed by atoms with Crippen LogP contribution >= 0.6 is 0 Å². The van der Waals surface area contributed by atoms with Crippen LogP contribution in [0.15, 0.2) is 18.2 Å². The third kappa shape index (κ3) is 2.87. The van der Waals surface area contributed by atoms with Crippen molar-refractivity contribution < 1.29 is 73.9 Å². The van der Waals surface area contributed by atoms with E-state index >= 15 is 0 Å². The monoisotopic (exact) mass is 269 g/mol. The van der Waals surface area contributed by atoms with Crippen molar-refractivity contribution in [3.8, 4) is 5.75 Å². The van der Waals surface area contributed by atoms with Gasteiger partial charge in [0, 0.05) is 7.05 Å². The molecule has 17 heavy (non-hydrogen) atoms. The van der Waals surface area contributed by atoms with Crippen molar-refractivity contribution in [2.75, 3.05) is 18.6 Å². The van der Waals surface area contributed by atoms with Crippen LogP contribution in [0.2, 0.25) is 0 Å². The van der Waals surface area contributed by atoms with E-state index in [1.807, 2.05) is 0 Å². The third-order valence-corrected chi connectivity index (χ3v) is 2.45. The van der Waals surface area contributed by atoms with Crippen LogP contribution in [0, 0.1) is 0 Å². The van der Waals surface area contributed by atoms with Crippen molar-refractivity contribution >= 4 is 24.0 Å². The van der Waals surface area contributed by atoms with Crippen molar-refractivity contribution in [2.24, 2.45) is 0 Å². The van der Waals surface area contributed by atoms with Crippen LogP contribution in [-0.2, 0) is 4.79 Å². The minimum absolute atomic E-state index is 0. The molecule has 0 spiro atoms. The Kier molecular flexibility index (Phi) is 4.70. The molecule has 1 aliphatic heterocycles. The van der Waals surface area contributed by atoms with E-state index in [2.05, 4.69) is 0 Å². The summed E-state index contributed by atoms with van der Waals surface area (Å²) in [5.74, 6) is -0.614. The number of halogens is 3. The molecule has 0 N–H and O–H groups in total. The Morgan fingerprint density at radius 1 is 1.35 bits per heavy atom. The number of hydrogen-bond acceptors (Lipinski definition) is 2. The van der Waals surface area contributed by atoms with Gasteiger partial charge >= 0.3 is 58.4 Å². The Hall–Kier alpha value is -0.0187. The minimum atomic E-state index is -5.13. The minimum Gasteiger partial charge on any atom is -0.485 e. The van der Waals surface area contributed by atoms with Gasteiger partial charge in [0.15, 0.2) is 6.61 Å². The number of benzene rings is 1. The van der Waals surface area contributed by atoms with Crippen molar-refractivity contribution in [1.29, 1.82) is 0 Å². The molecule has 0 saturated heterocycles. The molecule has 8 heteroatoms. The number of carbonyl (C=O) groups is 1. The largest absolute Gasteiger partial charge is 1.00 e. The molecule has 0 bridgehead atoms. The number of fused-ring (bicyclic) bond motifs is 1. The SMILES string of the molecule is CN1C(=O)COc2c1cccc2[B-](F)(F)F.[K+]. The number of para-hydroxylation sites is 1. The van der Waals surface area contributed by atoms with Gasteiger partial charge in [-0.15, -0.1) is 0 Å². The van der Waals surface area contributed by atoms with Crippen molar-refractivity contribution in [1.82, 2.24) is 0 Å². The molecule has 2 rings (SSSR count). The molecule has 0 unspecified atom stereocenters. The molecule has 0 fully saturated rings. The second-order valence-electron chi connectivity index (χ2n) is 3.51. The maximum atomic E-state index is 12.7. The summed E-state index contributed by atoms with van der Waals surface area (Å²) in [5, 5.41) is 0. The van der Waals surface area contributed by atoms with E-state index in [-0.39, 0.29) is 75.3 Å². The smallest absolute Gasteiger partial charge is 0.485 e. The van der Waals surface area contributed by atoms with E-state index in [9.17, 15) is 17.7 Å². The molecular weight excluding hydrogens is 261 g/mol. The van der Waals surface area contributed by atoms with E-state index in [1.165, 1.54) is 24.1 Å². The number of ether oxygens (including phenoxy) is 1. The third-order valence-electron chi connectivity index (χ3n) is 2.45. The van der Waals surface area contributed by atoms with E-state index in [0.29, 0.717) is 0 Å². The quantitative estimate of drug-likeness (QED) is 0.557. The molecule has 0 aromatic heterocycles. The van der Waals surface area contributed by atoms with Crippen LogP contribution in [0.5, 0.6) is 5.75 Å². The maximum Gasteiger partial charge on any atom is 1.00 e. The van der Waals surface area contributed by atoms with E-state index in [4.69, 9.17) is 4.74 Å². The fourth-order valence-corrected chi connectivity index (χ4v) is 1.59. The Morgan fingerprint density at radius 2 is 2.00 bits per heavy atom. The maximum absolute atomic E-state index is 12.7. The van der Waals surface area contributed by atoms with E-state index in [0.717, 1.165) is 6.07 Å². The summed E-state index contributed by atoms with van der Waals surface area (Å²) in [6, 6.07) is 3.65. The number of hydrogen-bond donors (Lipinski definition) is 0. The van der Waals surface area contributed by atoms with Gasteiger partial charge in [0.25, 0.3) is 5.91 Å². The van der Waals surface area contributed by atoms with Gasteiger partial charge in [0.1, 0.15) is 5.75 Å². The van der Waals surface area contributed by atoms with Gasteiger partial charge in [-0.2, -0.15) is 0 Å². The van der Waals surface area contributed by atoms with Gasteiger partial charge in [-0.05, 0) is 6.07 Å². The van der Waals surface area contributed by atoms with Gasteiger partial charge in [0.05, 0.1) is 5.69 Å². The summed E-state index contributed by atoms with van der Waals surface area (Å²) in [6.45, 7) is -5.49. The molecule has 1 aromatic carbocycles. The Bertz CT molecular complexity index is 452. The van der Waals surface area contributed by atoms with Gasteiger partial charge in [-0.25, -0.2) is 0 Å². The van der Waals surface area contributed by atoms with Crippen LogP contribution in [0.4, 0.5) is 18.6 Å². The zero-order chi connectivity index (χ0) is 11.9. The van der Waals surface area contributed by atoms with E-state index < -0.39 is 12.4 Å². The second kappa shape index (κ2) is 5.31. The standard InChI is InChI=1S/C9H8BF3NO2.K/c1-14-7-4-2-3-6(10(11,12)13)9(7)16-5-8(14)15;/h2-4H,5H2,1H3;/q-1;+1. The average molecular weight is 269 g/mol. The summed E-state index contributed by atoms with van der Waals surface area (Å²) in [4.78, 5) is 12.4. The summed E-state index contributed by atoms with van der Waals surface area (Å²) in [5.41, 5.74) is -0.634. The van der Waals surface area contributed by atoms with Crippen molar-refractivity contribution in [3.05, 3.63) is 18.2 Å². The predicted molar refractivity (Wildman–Crippen MR) is 54.1 cm³/mol. The van der Waals surface area contributed by atoms with Crippen molar-refractivity contribution in [3.63, 3.8) is 0 Å². The predicted octanol–water partition coefficient (Wildman–Crippen LogP) is -1.90. The van der Waals surface area contributed by atoms with Gasteiger partial charge < -0.3 is 22.6 Å². The molecule has 1 aromatic rings. The molecular formula is C9H8BF3KNO2. The van der Waals surface area contributed by atoms with Crippen LogP contribution in [0.3, 0.4) is 0 Å². The Labute approximate surface area is 139 Å². The molecule has 0 atom stereocenters. The van der Waals surface area contributed by atoms with Gasteiger partial charge in [-0.1, -0.05) is 17.6 Å². The van der Waals surface area contributed by atoms with Crippen LogP contribution in [0.25, 0.3) is 0 Å². The summed E-state index contributed by atoms with van der Waals surface area (Å²) in [6.07, 6.45) is 0. The molecule has 0 aliphatic carbocycles. The Balaban J connectivity index is 0.00000144. The van der Waals surface area contributed by atoms with Crippen LogP contribution < -0.4 is 66.5 Å². The molecule has 0 saturated carbocycles. The molecule has 86 valence electrons. The van der Waals surface area contributed by atoms with Gasteiger partial charge in [-0.3, -0.25) is 4.79 Å². The zero-order valence-electron chi connectivity index (χ0n) is 9.41. The number of rotatable bonds is 1. The molecule has 0 radical (unpaired) electrons. The normalized spacial score (nSPS) is 14.8. The second-order valence-corrected chi connectivity index (χ2v) is 3.51. The first kappa shape index (κ1) is 15.0. The van der Waals surface area contributed by atoms with Crippen LogP contribution in [-0.4, -0.2) is 26.5 Å². The summed E-state index contributed by atoms with van der Waals surface area (Å²) < 4.78 is 42.9. The topological polar surface area (TPSA) is 29.5 Å². The summed E-state index contributed by atoms with van der Waals surface area (Å²) >= 11 is 0. The number of amides is 1. The van der Waals surface area contributed by atoms with Crippen LogP contribution in [0.1, 0.15) is 0 Å². The fraction of sp³-hybridized carbons (Fsp3) is 0.222. The molecule has 1 aliphatic rings. The van der Waals surface area contributed by atoms with E-state index in [1.54, 1.807) is 0 Å². The molecule has 1 heterocycles.